The van der Waals surface area contributed by atoms with Gasteiger partial charge in [-0.1, -0.05) is 47.7 Å². The van der Waals surface area contributed by atoms with Gasteiger partial charge in [-0.15, -0.1) is 0 Å². The number of methoxy groups -OCH3 is 2. The predicted octanol–water partition coefficient (Wildman–Crippen LogP) is 4.40. The molecule has 192 valence electrons. The van der Waals surface area contributed by atoms with E-state index in [0.29, 0.717) is 9.33 Å². The van der Waals surface area contributed by atoms with Gasteiger partial charge in [0, 0.05) is 30.9 Å². The molecule has 7 heteroatoms. The normalized spacial score (nSPS) is 16.3. The van der Waals surface area contributed by atoms with Gasteiger partial charge in [-0.2, -0.15) is 0 Å². The minimum atomic E-state index is -0.335. The highest BCUT2D eigenvalue weighted by atomic mass is 32.1. The van der Waals surface area contributed by atoms with Crippen LogP contribution in [0.3, 0.4) is 0 Å². The Labute approximate surface area is 225 Å². The number of hydrogen-bond acceptors (Lipinski definition) is 6. The van der Waals surface area contributed by atoms with Gasteiger partial charge in [-0.05, 0) is 65.9 Å². The van der Waals surface area contributed by atoms with Crippen molar-refractivity contribution in [3.63, 3.8) is 0 Å². The smallest absolute Gasteiger partial charge is 0.271 e. The highest BCUT2D eigenvalue weighted by Gasteiger charge is 2.34. The first-order chi connectivity index (χ1) is 18.5. The molecule has 4 aromatic rings. The SMILES string of the molecule is COc1ccc(OC)c(C2C3=C(N=c4sc(=Cc5ccc(N(C)C)cc5)c(=O)n42)c2ccccc2CC3)c1. The van der Waals surface area contributed by atoms with Crippen LogP contribution >= 0.6 is 11.3 Å². The van der Waals surface area contributed by atoms with Gasteiger partial charge in [0.1, 0.15) is 11.5 Å². The molecule has 1 unspecified atom stereocenters. The van der Waals surface area contributed by atoms with Gasteiger partial charge >= 0.3 is 0 Å². The number of aromatic nitrogens is 1. The maximum atomic E-state index is 14.0. The summed E-state index contributed by atoms with van der Waals surface area (Å²) < 4.78 is 13.9. The van der Waals surface area contributed by atoms with E-state index in [1.54, 1.807) is 14.2 Å². The van der Waals surface area contributed by atoms with Gasteiger partial charge in [0.15, 0.2) is 4.80 Å². The third-order valence-corrected chi connectivity index (χ3v) is 8.29. The fourth-order valence-corrected chi connectivity index (χ4v) is 6.37. The molecule has 0 saturated heterocycles. The monoisotopic (exact) mass is 523 g/mol. The maximum absolute atomic E-state index is 14.0. The van der Waals surface area contributed by atoms with Gasteiger partial charge < -0.3 is 14.4 Å². The molecule has 6 nitrogen and oxygen atoms in total. The quantitative estimate of drug-likeness (QED) is 0.389. The molecule has 1 aliphatic carbocycles. The molecule has 1 atom stereocenters. The summed E-state index contributed by atoms with van der Waals surface area (Å²) >= 11 is 1.43. The summed E-state index contributed by atoms with van der Waals surface area (Å²) in [6, 6.07) is 22.1. The molecule has 0 saturated carbocycles. The summed E-state index contributed by atoms with van der Waals surface area (Å²) in [5.41, 5.74) is 7.45. The number of allylic oxidation sites excluding steroid dienone is 1. The van der Waals surface area contributed by atoms with Crippen molar-refractivity contribution in [2.45, 2.75) is 18.9 Å². The highest BCUT2D eigenvalue weighted by molar-refractivity contribution is 7.07. The zero-order chi connectivity index (χ0) is 26.4. The van der Waals surface area contributed by atoms with Crippen LogP contribution in [0.15, 0.2) is 82.1 Å². The van der Waals surface area contributed by atoms with Crippen LogP contribution in [-0.4, -0.2) is 32.9 Å². The molecule has 1 aliphatic heterocycles. The van der Waals surface area contributed by atoms with Crippen LogP contribution < -0.4 is 29.3 Å². The van der Waals surface area contributed by atoms with Crippen molar-refractivity contribution in [3.8, 4) is 11.5 Å². The van der Waals surface area contributed by atoms with E-state index in [9.17, 15) is 4.79 Å². The molecule has 2 heterocycles. The van der Waals surface area contributed by atoms with E-state index < -0.39 is 0 Å². The Bertz CT molecular complexity index is 1750. The van der Waals surface area contributed by atoms with Crippen LogP contribution in [-0.2, 0) is 6.42 Å². The summed E-state index contributed by atoms with van der Waals surface area (Å²) in [6.45, 7) is 0. The Hall–Kier alpha value is -4.10. The summed E-state index contributed by atoms with van der Waals surface area (Å²) in [6.07, 6.45) is 3.67. The van der Waals surface area contributed by atoms with Gasteiger partial charge in [0.2, 0.25) is 0 Å². The number of nitrogens with zero attached hydrogens (tertiary/aromatic N) is 3. The summed E-state index contributed by atoms with van der Waals surface area (Å²) in [4.78, 5) is 21.9. The number of thiazole rings is 1. The fourth-order valence-electron chi connectivity index (χ4n) is 5.37. The number of benzene rings is 3. The number of fused-ring (bicyclic) bond motifs is 3. The topological polar surface area (TPSA) is 56.1 Å². The molecule has 1 aromatic heterocycles. The van der Waals surface area contributed by atoms with E-state index in [-0.39, 0.29) is 11.6 Å². The Morgan fingerprint density at radius 1 is 1.00 bits per heavy atom. The number of anilines is 1. The van der Waals surface area contributed by atoms with Crippen LogP contribution in [0.2, 0.25) is 0 Å². The lowest BCUT2D eigenvalue weighted by Crippen LogP contribution is -2.39. The molecule has 2 aliphatic rings. The lowest BCUT2D eigenvalue weighted by Gasteiger charge is -2.31. The fraction of sp³-hybridized carbons (Fsp3) is 0.226. The lowest BCUT2D eigenvalue weighted by atomic mass is 9.83. The second-order valence-corrected chi connectivity index (χ2v) is 10.7. The largest absolute Gasteiger partial charge is 0.497 e. The van der Waals surface area contributed by atoms with Gasteiger partial charge in [0.25, 0.3) is 5.56 Å². The number of ether oxygens (including phenoxy) is 2. The molecule has 0 spiro atoms. The van der Waals surface area contributed by atoms with Crippen molar-refractivity contribution in [1.29, 1.82) is 0 Å². The first-order valence-electron chi connectivity index (χ1n) is 12.6. The first kappa shape index (κ1) is 24.2. The molecule has 0 fully saturated rings. The highest BCUT2D eigenvalue weighted by Crippen LogP contribution is 2.44. The number of rotatable bonds is 5. The van der Waals surface area contributed by atoms with Crippen LogP contribution in [0, 0.1) is 0 Å². The molecular formula is C31H29N3O3S. The minimum absolute atomic E-state index is 0.0503. The van der Waals surface area contributed by atoms with Gasteiger partial charge in [0.05, 0.1) is 30.5 Å². The molecule has 0 amide bonds. The van der Waals surface area contributed by atoms with Crippen molar-refractivity contribution >= 4 is 28.8 Å². The molecule has 0 N–H and O–H groups in total. The van der Waals surface area contributed by atoms with Crippen molar-refractivity contribution in [2.75, 3.05) is 33.2 Å². The third kappa shape index (κ3) is 4.03. The maximum Gasteiger partial charge on any atom is 0.271 e. The second-order valence-electron chi connectivity index (χ2n) is 9.71. The van der Waals surface area contributed by atoms with Crippen molar-refractivity contribution in [3.05, 3.63) is 114 Å². The molecular weight excluding hydrogens is 494 g/mol. The minimum Gasteiger partial charge on any atom is -0.497 e. The van der Waals surface area contributed by atoms with Crippen molar-refractivity contribution < 1.29 is 9.47 Å². The van der Waals surface area contributed by atoms with Gasteiger partial charge in [-0.3, -0.25) is 9.36 Å². The number of aryl methyl sites for hydroxylation is 1. The van der Waals surface area contributed by atoms with Crippen molar-refractivity contribution in [1.82, 2.24) is 4.57 Å². The predicted molar refractivity (Wildman–Crippen MR) is 153 cm³/mol. The molecule has 0 radical (unpaired) electrons. The van der Waals surface area contributed by atoms with E-state index in [4.69, 9.17) is 14.5 Å². The van der Waals surface area contributed by atoms with E-state index in [1.165, 1.54) is 16.9 Å². The zero-order valence-corrected chi connectivity index (χ0v) is 22.7. The lowest BCUT2D eigenvalue weighted by molar-refractivity contribution is 0.392. The van der Waals surface area contributed by atoms with Crippen LogP contribution in [0.1, 0.15) is 34.7 Å². The summed E-state index contributed by atoms with van der Waals surface area (Å²) in [5.74, 6) is 1.44. The Morgan fingerprint density at radius 2 is 1.79 bits per heavy atom. The Morgan fingerprint density at radius 3 is 2.53 bits per heavy atom. The van der Waals surface area contributed by atoms with Crippen LogP contribution in [0.4, 0.5) is 5.69 Å². The van der Waals surface area contributed by atoms with E-state index in [0.717, 1.165) is 58.0 Å². The van der Waals surface area contributed by atoms with Gasteiger partial charge in [-0.25, -0.2) is 4.99 Å². The van der Waals surface area contributed by atoms with E-state index in [1.807, 2.05) is 55.1 Å². The molecule has 6 rings (SSSR count). The van der Waals surface area contributed by atoms with E-state index >= 15 is 0 Å². The molecule has 0 bridgehead atoms. The Balaban J connectivity index is 1.61. The summed E-state index contributed by atoms with van der Waals surface area (Å²) in [7, 11) is 7.34. The average molecular weight is 524 g/mol. The van der Waals surface area contributed by atoms with Crippen LogP contribution in [0.5, 0.6) is 11.5 Å². The van der Waals surface area contributed by atoms with E-state index in [2.05, 4.69) is 41.3 Å². The molecule has 38 heavy (non-hydrogen) atoms. The number of hydrogen-bond donors (Lipinski definition) is 0. The van der Waals surface area contributed by atoms with Crippen molar-refractivity contribution in [2.24, 2.45) is 4.99 Å². The summed E-state index contributed by atoms with van der Waals surface area (Å²) in [5, 5.41) is 0. The molecule has 3 aromatic carbocycles. The standard InChI is InChI=1S/C31H29N3O3S/c1-33(2)21-12-9-19(10-13-21)17-27-30(35)34-29(25-18-22(36-3)14-16-26(25)37-4)24-15-11-20-7-5-6-8-23(20)28(24)32-31(34)38-27/h5-10,12-14,16-18,29H,11,15H2,1-4H3. The third-order valence-electron chi connectivity index (χ3n) is 7.31. The average Bonchev–Trinajstić information content (AvgIpc) is 3.25. The Kier molecular flexibility index (Phi) is 6.16. The first-order valence-corrected chi connectivity index (χ1v) is 13.4. The second kappa shape index (κ2) is 9.65. The van der Waals surface area contributed by atoms with Crippen LogP contribution in [0.25, 0.3) is 11.8 Å². The zero-order valence-electron chi connectivity index (χ0n) is 21.9.